The minimum atomic E-state index is -3.98. The average Bonchev–Trinajstić information content (AvgIpc) is 0.865. The Morgan fingerprint density at radius 2 is 0.438 bits per heavy atom. The van der Waals surface area contributed by atoms with Gasteiger partial charge in [0.1, 0.15) is 17.2 Å². The molecule has 0 bridgehead atoms. The van der Waals surface area contributed by atoms with Gasteiger partial charge in [-0.1, -0.05) is 532 Å². The minimum absolute atomic E-state index is 0.0155. The van der Waals surface area contributed by atoms with E-state index < -0.39 is 38.7 Å². The predicted octanol–water partition coefficient (Wildman–Crippen LogP) is 38.7. The molecule has 0 aromatic heterocycles. The normalized spacial score (nSPS) is 16.7. The number of ether oxygens (including phenoxy) is 5. The van der Waals surface area contributed by atoms with Crippen molar-refractivity contribution in [2.45, 2.75) is 579 Å². The second-order valence-corrected chi connectivity index (χ2v) is 49.7. The Labute approximate surface area is 894 Å². The summed E-state index contributed by atoms with van der Waals surface area (Å²) in [4.78, 5) is 47.4. The number of benzene rings is 3. The van der Waals surface area contributed by atoms with Crippen molar-refractivity contribution in [3.63, 3.8) is 0 Å². The highest BCUT2D eigenvalue weighted by Gasteiger charge is 2.35. The molecule has 23 nitrogen and oxygen atoms in total. The van der Waals surface area contributed by atoms with Gasteiger partial charge < -0.3 is 57.2 Å². The smallest absolute Gasteiger partial charge is 0.472 e. The van der Waals surface area contributed by atoms with Crippen LogP contribution in [0.1, 0.15) is 552 Å². The first-order valence-corrected chi connectivity index (χ1v) is 68.0. The molecule has 3 aromatic carbocycles. The largest absolute Gasteiger partial charge is 0.493 e. The summed E-state index contributed by atoms with van der Waals surface area (Å²) in [5.41, 5.74) is 2.29. The highest BCUT2D eigenvalue weighted by atomic mass is 31.2. The first kappa shape index (κ1) is 142. The van der Waals surface area contributed by atoms with Crippen LogP contribution in [-0.2, 0) is 87.9 Å². The van der Waals surface area contributed by atoms with Crippen LogP contribution in [0.2, 0.25) is 0 Å². The average molecular weight is 2160 g/mol. The molecule has 5 rings (SSSR count). The second-order valence-electron chi connectivity index (χ2n) is 41.3. The van der Waals surface area contributed by atoms with Crippen LogP contribution in [0.5, 0.6) is 17.2 Å². The molecule has 2 aliphatic carbocycles. The van der Waals surface area contributed by atoms with E-state index in [0.29, 0.717) is 44.5 Å². The van der Waals surface area contributed by atoms with Gasteiger partial charge in [0.05, 0.1) is 63.6 Å². The fourth-order valence-corrected chi connectivity index (χ4v) is 21.6. The molecule has 0 aliphatic heterocycles. The van der Waals surface area contributed by atoms with Gasteiger partial charge in [-0.15, -0.1) is 0 Å². The van der Waals surface area contributed by atoms with Gasteiger partial charge >= 0.3 is 38.7 Å². The number of para-hydroxylation sites is 3. The monoisotopic (exact) mass is 2160 g/mol. The van der Waals surface area contributed by atoms with Crippen LogP contribution in [0.25, 0.3) is 0 Å². The first-order chi connectivity index (χ1) is 70.9. The van der Waals surface area contributed by atoms with Crippen molar-refractivity contribution in [2.24, 2.45) is 0 Å². The van der Waals surface area contributed by atoms with Gasteiger partial charge in [-0.05, 0) is 76.0 Å². The van der Waals surface area contributed by atoms with E-state index >= 15 is 0 Å². The molecule has 0 heterocycles. The summed E-state index contributed by atoms with van der Waals surface area (Å²) in [6.45, 7) is 16.0. The third-order valence-corrected chi connectivity index (χ3v) is 32.7. The predicted molar refractivity (Wildman–Crippen MR) is 610 cm³/mol. The maximum atomic E-state index is 11.8. The molecule has 0 spiro atoms. The number of hydrogen-bond acceptors (Lipinski definition) is 18. The third-order valence-electron chi connectivity index (χ3n) is 27.9. The molecule has 2 aliphatic rings. The van der Waals surface area contributed by atoms with Crippen molar-refractivity contribution >= 4 is 38.7 Å². The number of hydrogen-bond donors (Lipinski definition) is 5. The van der Waals surface area contributed by atoms with Crippen molar-refractivity contribution < 1.29 is 107 Å². The molecule has 858 valence electrons. The SMILES string of the molecule is CCCCCCCCCCCCCCCCO[C@@H]1CCCC[C@@H]1OP(=O)(O)OC.CCCCCCCCCCCCCCCCO[C@@H]1CCCC[C@H]1OP(=O)(O)OC.CCCCCCCCCCCCCCCCOc1ccccc1COP(=O)(O)OC.CCCCCCCCCCCCCCCCOc1ccccc1COP(C)(=O)O.CCCCCCCCCCCCCCCCOc1ccccc1CP(=O)(O)OC. The van der Waals surface area contributed by atoms with E-state index in [1.807, 2.05) is 72.8 Å². The minimum Gasteiger partial charge on any atom is -0.493 e. The molecule has 5 N–H and O–H groups in total. The maximum Gasteiger partial charge on any atom is 0.472 e. The molecular formula is C118H223O23P5. The Balaban J connectivity index is 0.000000913. The lowest BCUT2D eigenvalue weighted by molar-refractivity contribution is -0.0585. The van der Waals surface area contributed by atoms with Gasteiger partial charge in [0.2, 0.25) is 0 Å². The third kappa shape index (κ3) is 89.8. The van der Waals surface area contributed by atoms with Gasteiger partial charge in [-0.2, -0.15) is 0 Å². The van der Waals surface area contributed by atoms with Gasteiger partial charge in [0.25, 0.3) is 0 Å². The highest BCUT2D eigenvalue weighted by Crippen LogP contribution is 2.50. The van der Waals surface area contributed by atoms with E-state index in [4.69, 9.17) is 41.8 Å². The van der Waals surface area contributed by atoms with Crippen LogP contribution >= 0.6 is 38.7 Å². The van der Waals surface area contributed by atoms with Gasteiger partial charge in [-0.25, -0.2) is 13.7 Å². The Kier molecular flexibility index (Phi) is 97.6. The van der Waals surface area contributed by atoms with Crippen molar-refractivity contribution in [3.8, 4) is 17.2 Å². The van der Waals surface area contributed by atoms with E-state index in [2.05, 4.69) is 52.7 Å². The number of phosphoric ester groups is 3. The Bertz CT molecular complexity index is 3500. The molecule has 28 heteroatoms. The van der Waals surface area contributed by atoms with Crippen LogP contribution in [0.15, 0.2) is 72.8 Å². The lowest BCUT2D eigenvalue weighted by Crippen LogP contribution is -2.34. The summed E-state index contributed by atoms with van der Waals surface area (Å²) in [7, 11) is -14.1. The Morgan fingerprint density at radius 3 is 0.664 bits per heavy atom. The summed E-state index contributed by atoms with van der Waals surface area (Å²) in [5, 5.41) is 0. The first-order valence-electron chi connectivity index (χ1n) is 59.7. The van der Waals surface area contributed by atoms with Crippen molar-refractivity contribution in [2.75, 3.05) is 68.1 Å². The van der Waals surface area contributed by atoms with Crippen LogP contribution in [0.4, 0.5) is 0 Å². The van der Waals surface area contributed by atoms with Crippen molar-refractivity contribution in [3.05, 3.63) is 89.5 Å². The lowest BCUT2D eigenvalue weighted by Gasteiger charge is -2.31. The van der Waals surface area contributed by atoms with Crippen LogP contribution in [0, 0.1) is 0 Å². The van der Waals surface area contributed by atoms with E-state index in [1.165, 1.54) is 445 Å². The summed E-state index contributed by atoms with van der Waals surface area (Å²) in [6.07, 6.45) is 101. The molecule has 5 unspecified atom stereocenters. The fourth-order valence-electron chi connectivity index (χ4n) is 18.7. The summed E-state index contributed by atoms with van der Waals surface area (Å²) >= 11 is 0. The molecule has 0 radical (unpaired) electrons. The maximum absolute atomic E-state index is 11.8. The molecule has 3 aromatic rings. The number of unbranched alkanes of at least 4 members (excludes halogenated alkanes) is 65. The van der Waals surface area contributed by atoms with Crippen molar-refractivity contribution in [1.82, 2.24) is 0 Å². The number of phosphoric acid groups is 3. The zero-order chi connectivity index (χ0) is 107. The van der Waals surface area contributed by atoms with Gasteiger partial charge in [0.15, 0.2) is 0 Å². The van der Waals surface area contributed by atoms with Crippen LogP contribution < -0.4 is 14.2 Å². The topological polar surface area (TPSA) is 306 Å². The molecule has 2 saturated carbocycles. The molecule has 9 atom stereocenters. The molecule has 0 saturated heterocycles. The second kappa shape index (κ2) is 101. The molecule has 146 heavy (non-hydrogen) atoms. The van der Waals surface area contributed by atoms with Crippen LogP contribution in [-0.4, -0.2) is 117 Å². The Morgan fingerprint density at radius 1 is 0.240 bits per heavy atom. The molecule has 0 amide bonds. The number of rotatable bonds is 96. The standard InChI is InChI=1S/C24H43O5P.2C24H43O4P.2C23H47O5P/c1-3-4-5-6-7-8-9-10-11-12-13-14-15-18-21-28-24-20-17-16-19-23(24)22-29-30(25,26)27-2;1-3-4-5-6-7-8-9-10-11-12-13-14-15-18-21-27-24-20-17-16-19-23(24)22-28-29(2,25)26;1-3-4-5-6-7-8-9-10-11-12-13-14-15-18-21-28-24-20-17-16-19-23(24)22-29(25,26)27-2;2*1-3-4-5-6-7-8-9-10-11-12-13-14-15-18-21-27-22-19-16-17-20-23(22)28-29(24,25)26-2/h16-17,19-20H,3-15,18,21-22H2,1-2H3,(H,25,26);2*16-17,19-20H,3-15,18,21-22H2,1-2H3,(H,25,26);2*22-23H,3-21H2,1-2H3,(H,24,25)/t;;;22-,23+;22-,23-/m...11/s1. The lowest BCUT2D eigenvalue weighted by atomic mass is 9.95. The van der Waals surface area contributed by atoms with E-state index in [9.17, 15) is 47.3 Å². The van der Waals surface area contributed by atoms with Crippen molar-refractivity contribution in [1.29, 1.82) is 0 Å². The van der Waals surface area contributed by atoms with Gasteiger partial charge in [-0.3, -0.25) is 36.3 Å². The zero-order valence-electron chi connectivity index (χ0n) is 94.9. The van der Waals surface area contributed by atoms with E-state index in [1.54, 1.807) is 0 Å². The Hall–Kier alpha value is -2.39. The molecular weight excluding hydrogens is 1940 g/mol. The zero-order valence-corrected chi connectivity index (χ0v) is 99.3. The van der Waals surface area contributed by atoms with E-state index in [0.717, 1.165) is 113 Å². The molecule has 2 fully saturated rings. The quantitative estimate of drug-likeness (QED) is 0.0259. The summed E-state index contributed by atoms with van der Waals surface area (Å²) in [6, 6.07) is 22.4. The summed E-state index contributed by atoms with van der Waals surface area (Å²) in [5.74, 6) is 2.13. The highest BCUT2D eigenvalue weighted by molar-refractivity contribution is 7.52. The van der Waals surface area contributed by atoms with Gasteiger partial charge in [0, 0.05) is 65.0 Å². The summed E-state index contributed by atoms with van der Waals surface area (Å²) < 4.78 is 126. The fraction of sp³-hybridized carbons (Fsp3) is 0.847. The van der Waals surface area contributed by atoms with Crippen LogP contribution in [0.3, 0.4) is 0 Å². The van der Waals surface area contributed by atoms with E-state index in [-0.39, 0.29) is 43.8 Å².